The van der Waals surface area contributed by atoms with E-state index in [1.54, 1.807) is 6.92 Å². The summed E-state index contributed by atoms with van der Waals surface area (Å²) in [7, 11) is 0. The standard InChI is InChI=1S/C15H21NO4/c1-3-10-12(18)16-15(13(19)20-14(10,15)2)11(17)9-7-5-4-6-8-9/h5,7,9-11,17H,3-4,6,8H2,1-2H3,(H,16,18)/t9-,10+,11?,14+,15+/m0/s1. The van der Waals surface area contributed by atoms with Crippen LogP contribution in [0.1, 0.15) is 39.5 Å². The van der Waals surface area contributed by atoms with Gasteiger partial charge in [0.25, 0.3) is 0 Å². The Labute approximate surface area is 118 Å². The number of hydrogen-bond acceptors (Lipinski definition) is 4. The lowest BCUT2D eigenvalue weighted by molar-refractivity contribution is -0.238. The van der Waals surface area contributed by atoms with E-state index in [-0.39, 0.29) is 17.7 Å². The van der Waals surface area contributed by atoms with Crippen LogP contribution in [0.25, 0.3) is 0 Å². The molecule has 3 rings (SSSR count). The van der Waals surface area contributed by atoms with Crippen LogP contribution < -0.4 is 5.32 Å². The number of ether oxygens (including phenoxy) is 1. The van der Waals surface area contributed by atoms with E-state index in [0.717, 1.165) is 19.3 Å². The Morgan fingerprint density at radius 2 is 2.30 bits per heavy atom. The SMILES string of the molecule is CC[C@@H]1C(=O)N[C@]2(C(O)[C@H]3C=CCCC3)C(=O)O[C@]12C. The van der Waals surface area contributed by atoms with Crippen LogP contribution in [-0.2, 0) is 14.3 Å². The topological polar surface area (TPSA) is 75.6 Å². The number of rotatable bonds is 3. The summed E-state index contributed by atoms with van der Waals surface area (Å²) in [6, 6.07) is 0. The zero-order chi connectivity index (χ0) is 14.5. The van der Waals surface area contributed by atoms with Crippen LogP contribution >= 0.6 is 0 Å². The highest BCUT2D eigenvalue weighted by Crippen LogP contribution is 2.53. The molecule has 2 aliphatic heterocycles. The minimum absolute atomic E-state index is 0.105. The molecule has 1 amide bonds. The van der Waals surface area contributed by atoms with E-state index in [0.29, 0.717) is 6.42 Å². The molecule has 0 bridgehead atoms. The quantitative estimate of drug-likeness (QED) is 0.595. The minimum atomic E-state index is -1.27. The molecule has 0 aromatic carbocycles. The monoisotopic (exact) mass is 279 g/mol. The van der Waals surface area contributed by atoms with Gasteiger partial charge in [0.15, 0.2) is 5.60 Å². The molecule has 2 N–H and O–H groups in total. The largest absolute Gasteiger partial charge is 0.453 e. The molecule has 0 saturated carbocycles. The predicted molar refractivity (Wildman–Crippen MR) is 71.6 cm³/mol. The number of amides is 1. The normalized spacial score (nSPS) is 44.4. The molecular weight excluding hydrogens is 258 g/mol. The Morgan fingerprint density at radius 1 is 1.55 bits per heavy atom. The molecule has 5 atom stereocenters. The summed E-state index contributed by atoms with van der Waals surface area (Å²) in [6.07, 6.45) is 6.47. The van der Waals surface area contributed by atoms with Crippen LogP contribution in [0, 0.1) is 11.8 Å². The third-order valence-corrected chi connectivity index (χ3v) is 5.26. The number of nitrogens with one attached hydrogen (secondary N) is 1. The van der Waals surface area contributed by atoms with E-state index in [1.807, 2.05) is 19.1 Å². The van der Waals surface area contributed by atoms with Gasteiger partial charge in [0.2, 0.25) is 11.4 Å². The predicted octanol–water partition coefficient (Wildman–Crippen LogP) is 0.914. The van der Waals surface area contributed by atoms with E-state index in [4.69, 9.17) is 4.74 Å². The van der Waals surface area contributed by atoms with Gasteiger partial charge in [-0.3, -0.25) is 4.79 Å². The van der Waals surface area contributed by atoms with E-state index in [2.05, 4.69) is 5.32 Å². The van der Waals surface area contributed by atoms with Crippen molar-refractivity contribution in [1.29, 1.82) is 0 Å². The summed E-state index contributed by atoms with van der Waals surface area (Å²) in [5.41, 5.74) is -2.20. The van der Waals surface area contributed by atoms with Crippen molar-refractivity contribution < 1.29 is 19.4 Å². The Morgan fingerprint density at radius 3 is 2.85 bits per heavy atom. The molecule has 0 radical (unpaired) electrons. The van der Waals surface area contributed by atoms with Gasteiger partial charge in [-0.2, -0.15) is 0 Å². The van der Waals surface area contributed by atoms with E-state index in [1.165, 1.54) is 0 Å². The summed E-state index contributed by atoms with van der Waals surface area (Å²) in [5.74, 6) is -1.19. The number of aliphatic hydroxyl groups excluding tert-OH is 1. The van der Waals surface area contributed by atoms with Crippen molar-refractivity contribution in [3.8, 4) is 0 Å². The highest BCUT2D eigenvalue weighted by Gasteiger charge is 2.79. The lowest BCUT2D eigenvalue weighted by Gasteiger charge is -2.54. The first-order valence-corrected chi connectivity index (χ1v) is 7.37. The molecule has 110 valence electrons. The summed E-state index contributed by atoms with van der Waals surface area (Å²) in [6.45, 7) is 3.65. The van der Waals surface area contributed by atoms with Gasteiger partial charge in [-0.05, 0) is 32.6 Å². The molecule has 5 heteroatoms. The zero-order valence-corrected chi connectivity index (χ0v) is 11.9. The lowest BCUT2D eigenvalue weighted by Crippen LogP contribution is -2.80. The minimum Gasteiger partial charge on any atom is -0.453 e. The molecule has 0 spiro atoms. The first-order valence-electron chi connectivity index (χ1n) is 7.37. The number of allylic oxidation sites excluding steroid dienone is 1. The van der Waals surface area contributed by atoms with Crippen LogP contribution in [0.4, 0.5) is 0 Å². The second kappa shape index (κ2) is 4.32. The molecule has 2 saturated heterocycles. The van der Waals surface area contributed by atoms with Crippen molar-refractivity contribution in [2.45, 2.75) is 56.8 Å². The van der Waals surface area contributed by atoms with Gasteiger partial charge in [0, 0.05) is 5.92 Å². The maximum Gasteiger partial charge on any atom is 0.339 e. The Bertz CT molecular complexity index is 488. The fourth-order valence-corrected chi connectivity index (χ4v) is 4.05. The van der Waals surface area contributed by atoms with Crippen LogP contribution in [0.5, 0.6) is 0 Å². The summed E-state index contributed by atoms with van der Waals surface area (Å²) in [5, 5.41) is 13.5. The molecule has 2 heterocycles. The van der Waals surface area contributed by atoms with Gasteiger partial charge in [0.1, 0.15) is 0 Å². The number of aliphatic hydroxyl groups is 1. The first kappa shape index (κ1) is 13.6. The van der Waals surface area contributed by atoms with Crippen LogP contribution in [0.3, 0.4) is 0 Å². The fraction of sp³-hybridized carbons (Fsp3) is 0.733. The van der Waals surface area contributed by atoms with E-state index in [9.17, 15) is 14.7 Å². The molecule has 1 aliphatic carbocycles. The average molecular weight is 279 g/mol. The Hall–Kier alpha value is -1.36. The Kier molecular flexibility index (Phi) is 2.94. The Balaban J connectivity index is 1.97. The van der Waals surface area contributed by atoms with Crippen molar-refractivity contribution in [3.05, 3.63) is 12.2 Å². The van der Waals surface area contributed by atoms with Crippen LogP contribution in [0.2, 0.25) is 0 Å². The van der Waals surface area contributed by atoms with Crippen molar-refractivity contribution in [2.75, 3.05) is 0 Å². The second-order valence-electron chi connectivity index (χ2n) is 6.22. The summed E-state index contributed by atoms with van der Waals surface area (Å²) < 4.78 is 5.33. The molecule has 1 unspecified atom stereocenters. The third-order valence-electron chi connectivity index (χ3n) is 5.26. The van der Waals surface area contributed by atoms with E-state index < -0.39 is 23.2 Å². The number of hydrogen-bond donors (Lipinski definition) is 2. The fourth-order valence-electron chi connectivity index (χ4n) is 4.05. The molecule has 0 aromatic heterocycles. The number of fused-ring (bicyclic) bond motifs is 1. The van der Waals surface area contributed by atoms with Crippen molar-refractivity contribution in [2.24, 2.45) is 11.8 Å². The van der Waals surface area contributed by atoms with Crippen LogP contribution in [-0.4, -0.2) is 34.2 Å². The summed E-state index contributed by atoms with van der Waals surface area (Å²) in [4.78, 5) is 24.2. The molecular formula is C15H21NO4. The van der Waals surface area contributed by atoms with Crippen LogP contribution in [0.15, 0.2) is 12.2 Å². The smallest absolute Gasteiger partial charge is 0.339 e. The molecule has 20 heavy (non-hydrogen) atoms. The van der Waals surface area contributed by atoms with Gasteiger partial charge in [-0.1, -0.05) is 19.1 Å². The second-order valence-corrected chi connectivity index (χ2v) is 6.22. The molecule has 5 nitrogen and oxygen atoms in total. The first-order chi connectivity index (χ1) is 9.47. The van der Waals surface area contributed by atoms with Crippen molar-refractivity contribution in [1.82, 2.24) is 5.32 Å². The van der Waals surface area contributed by atoms with Gasteiger partial charge in [-0.15, -0.1) is 0 Å². The maximum atomic E-state index is 12.1. The van der Waals surface area contributed by atoms with Gasteiger partial charge >= 0.3 is 5.97 Å². The number of esters is 1. The average Bonchev–Trinajstić information content (AvgIpc) is 2.62. The molecule has 2 fully saturated rings. The van der Waals surface area contributed by atoms with E-state index >= 15 is 0 Å². The number of carbonyl (C=O) groups excluding carboxylic acids is 2. The zero-order valence-electron chi connectivity index (χ0n) is 11.9. The maximum absolute atomic E-state index is 12.1. The van der Waals surface area contributed by atoms with Gasteiger partial charge in [0.05, 0.1) is 12.0 Å². The van der Waals surface area contributed by atoms with Gasteiger partial charge in [-0.25, -0.2) is 4.79 Å². The highest BCUT2D eigenvalue weighted by atomic mass is 16.6. The van der Waals surface area contributed by atoms with Gasteiger partial charge < -0.3 is 15.2 Å². The highest BCUT2D eigenvalue weighted by molar-refractivity contribution is 6.01. The van der Waals surface area contributed by atoms with Crippen molar-refractivity contribution >= 4 is 11.9 Å². The molecule has 3 aliphatic rings. The van der Waals surface area contributed by atoms with Crippen molar-refractivity contribution in [3.63, 3.8) is 0 Å². The lowest BCUT2D eigenvalue weighted by atomic mass is 9.64. The third kappa shape index (κ3) is 1.41. The summed E-state index contributed by atoms with van der Waals surface area (Å²) >= 11 is 0. The number of carbonyl (C=O) groups is 2. The molecule has 0 aromatic rings.